The lowest BCUT2D eigenvalue weighted by Crippen LogP contribution is -2.25. The molecule has 0 atom stereocenters. The van der Waals surface area contributed by atoms with Crippen molar-refractivity contribution in [2.24, 2.45) is 5.10 Å². The molecule has 0 bridgehead atoms. The number of hydrogen-bond donors (Lipinski definition) is 2. The first-order chi connectivity index (χ1) is 12.5. The summed E-state index contributed by atoms with van der Waals surface area (Å²) in [5.74, 6) is 0. The SMILES string of the molecule is C/C(=N\NC(=S)Nc1ccc(C)cc1C)c1ccc(-n2cncn2)cc1. The van der Waals surface area contributed by atoms with Gasteiger partial charge in [0.25, 0.3) is 0 Å². The quantitative estimate of drug-likeness (QED) is 0.421. The summed E-state index contributed by atoms with van der Waals surface area (Å²) < 4.78 is 1.71. The molecule has 2 N–H and O–H groups in total. The number of anilines is 1. The molecule has 0 unspecified atom stereocenters. The Balaban J connectivity index is 1.63. The molecule has 0 saturated carbocycles. The van der Waals surface area contributed by atoms with Crippen molar-refractivity contribution in [3.63, 3.8) is 0 Å². The van der Waals surface area contributed by atoms with Gasteiger partial charge in [0.1, 0.15) is 12.7 Å². The number of rotatable bonds is 4. The normalized spacial score (nSPS) is 11.3. The van der Waals surface area contributed by atoms with E-state index >= 15 is 0 Å². The van der Waals surface area contributed by atoms with Crippen LogP contribution in [0, 0.1) is 13.8 Å². The fourth-order valence-electron chi connectivity index (χ4n) is 2.50. The largest absolute Gasteiger partial charge is 0.331 e. The van der Waals surface area contributed by atoms with Gasteiger partial charge in [-0.15, -0.1) is 0 Å². The molecule has 7 heteroatoms. The predicted octanol–water partition coefficient (Wildman–Crippen LogP) is 3.59. The second-order valence-electron chi connectivity index (χ2n) is 5.97. The molecule has 26 heavy (non-hydrogen) atoms. The molecule has 2 aromatic carbocycles. The molecule has 0 fully saturated rings. The number of benzene rings is 2. The summed E-state index contributed by atoms with van der Waals surface area (Å²) in [5, 5.41) is 12.1. The Morgan fingerprint density at radius 1 is 1.12 bits per heavy atom. The topological polar surface area (TPSA) is 67.1 Å². The number of hydrazone groups is 1. The van der Waals surface area contributed by atoms with E-state index in [4.69, 9.17) is 12.2 Å². The number of nitrogens with one attached hydrogen (secondary N) is 2. The third-order valence-corrected chi connectivity index (χ3v) is 4.12. The highest BCUT2D eigenvalue weighted by atomic mass is 32.1. The zero-order chi connectivity index (χ0) is 18.5. The van der Waals surface area contributed by atoms with Gasteiger partial charge in [-0.05, 0) is 62.3 Å². The van der Waals surface area contributed by atoms with Crippen LogP contribution >= 0.6 is 12.2 Å². The number of thiocarbonyl (C=S) groups is 1. The Morgan fingerprint density at radius 3 is 2.54 bits per heavy atom. The van der Waals surface area contributed by atoms with Crippen LogP contribution in [0.15, 0.2) is 60.2 Å². The average Bonchev–Trinajstić information content (AvgIpc) is 3.17. The van der Waals surface area contributed by atoms with Crippen LogP contribution in [0.5, 0.6) is 0 Å². The Hall–Kier alpha value is -3.06. The van der Waals surface area contributed by atoms with Gasteiger partial charge in [-0.3, -0.25) is 5.43 Å². The van der Waals surface area contributed by atoms with Gasteiger partial charge in [0.2, 0.25) is 0 Å². The van der Waals surface area contributed by atoms with E-state index in [0.29, 0.717) is 5.11 Å². The highest BCUT2D eigenvalue weighted by molar-refractivity contribution is 7.80. The van der Waals surface area contributed by atoms with Crippen molar-refractivity contribution >= 4 is 28.7 Å². The van der Waals surface area contributed by atoms with E-state index in [1.165, 1.54) is 11.9 Å². The molecule has 0 aliphatic rings. The molecule has 0 saturated heterocycles. The molecular formula is C19H20N6S. The van der Waals surface area contributed by atoms with Crippen LogP contribution in [0.1, 0.15) is 23.6 Å². The molecule has 0 amide bonds. The van der Waals surface area contributed by atoms with Gasteiger partial charge in [0.15, 0.2) is 5.11 Å². The fraction of sp³-hybridized carbons (Fsp3) is 0.158. The van der Waals surface area contributed by atoms with Gasteiger partial charge in [-0.1, -0.05) is 29.8 Å². The molecule has 0 radical (unpaired) electrons. The van der Waals surface area contributed by atoms with Crippen LogP contribution < -0.4 is 10.7 Å². The van der Waals surface area contributed by atoms with Crippen molar-refractivity contribution in [1.82, 2.24) is 20.2 Å². The third kappa shape index (κ3) is 4.31. The minimum Gasteiger partial charge on any atom is -0.331 e. The highest BCUT2D eigenvalue weighted by Crippen LogP contribution is 2.15. The highest BCUT2D eigenvalue weighted by Gasteiger charge is 2.03. The second kappa shape index (κ2) is 7.88. The Labute approximate surface area is 158 Å². The zero-order valence-electron chi connectivity index (χ0n) is 14.9. The summed E-state index contributed by atoms with van der Waals surface area (Å²) in [6.07, 6.45) is 3.17. The molecule has 132 valence electrons. The number of hydrogen-bond acceptors (Lipinski definition) is 4. The first kappa shape index (κ1) is 17.8. The van der Waals surface area contributed by atoms with E-state index in [9.17, 15) is 0 Å². The molecular weight excluding hydrogens is 344 g/mol. The summed E-state index contributed by atoms with van der Waals surface area (Å²) in [5.41, 5.74) is 8.99. The lowest BCUT2D eigenvalue weighted by Gasteiger charge is -2.11. The van der Waals surface area contributed by atoms with Crippen LogP contribution in [-0.2, 0) is 0 Å². The van der Waals surface area contributed by atoms with Gasteiger partial charge in [-0.2, -0.15) is 10.2 Å². The van der Waals surface area contributed by atoms with Crippen molar-refractivity contribution in [2.75, 3.05) is 5.32 Å². The third-order valence-electron chi connectivity index (χ3n) is 3.92. The minimum absolute atomic E-state index is 0.454. The van der Waals surface area contributed by atoms with E-state index in [1.807, 2.05) is 50.2 Å². The monoisotopic (exact) mass is 364 g/mol. The Bertz CT molecular complexity index is 929. The lowest BCUT2D eigenvalue weighted by atomic mass is 10.1. The van der Waals surface area contributed by atoms with E-state index in [1.54, 1.807) is 11.0 Å². The lowest BCUT2D eigenvalue weighted by molar-refractivity contribution is 0.879. The molecule has 3 rings (SSSR count). The summed E-state index contributed by atoms with van der Waals surface area (Å²) in [6, 6.07) is 14.1. The van der Waals surface area contributed by atoms with E-state index in [2.05, 4.69) is 38.9 Å². The van der Waals surface area contributed by atoms with E-state index < -0.39 is 0 Å². The average molecular weight is 364 g/mol. The van der Waals surface area contributed by atoms with Crippen molar-refractivity contribution in [1.29, 1.82) is 0 Å². The van der Waals surface area contributed by atoms with Gasteiger partial charge in [-0.25, -0.2) is 9.67 Å². The van der Waals surface area contributed by atoms with E-state index in [-0.39, 0.29) is 0 Å². The maximum Gasteiger partial charge on any atom is 0.191 e. The summed E-state index contributed by atoms with van der Waals surface area (Å²) in [7, 11) is 0. The standard InChI is InChI=1S/C19H20N6S/c1-13-4-9-18(14(2)10-13)22-19(26)24-23-15(3)16-5-7-17(8-6-16)25-12-20-11-21-25/h4-12H,1-3H3,(H2,22,24,26)/b23-15+. The second-order valence-corrected chi connectivity index (χ2v) is 6.38. The number of aryl methyl sites for hydroxylation is 2. The van der Waals surface area contributed by atoms with Crippen molar-refractivity contribution in [3.8, 4) is 5.69 Å². The van der Waals surface area contributed by atoms with E-state index in [0.717, 1.165) is 28.2 Å². The number of aromatic nitrogens is 3. The molecule has 1 aromatic heterocycles. The first-order valence-corrected chi connectivity index (χ1v) is 8.58. The molecule has 0 aliphatic heterocycles. The van der Waals surface area contributed by atoms with Crippen LogP contribution in [0.4, 0.5) is 5.69 Å². The molecule has 6 nitrogen and oxygen atoms in total. The predicted molar refractivity (Wildman–Crippen MR) is 109 cm³/mol. The van der Waals surface area contributed by atoms with Crippen LogP contribution in [0.25, 0.3) is 5.69 Å². The van der Waals surface area contributed by atoms with Crippen LogP contribution in [0.3, 0.4) is 0 Å². The fourth-order valence-corrected chi connectivity index (χ4v) is 2.66. The maximum absolute atomic E-state index is 5.32. The molecule has 0 spiro atoms. The van der Waals surface area contributed by atoms with Crippen molar-refractivity contribution < 1.29 is 0 Å². The van der Waals surface area contributed by atoms with Crippen LogP contribution in [0.2, 0.25) is 0 Å². The van der Waals surface area contributed by atoms with Gasteiger partial charge in [0.05, 0.1) is 11.4 Å². The summed E-state index contributed by atoms with van der Waals surface area (Å²) in [6.45, 7) is 6.04. The molecule has 1 heterocycles. The molecule has 3 aromatic rings. The van der Waals surface area contributed by atoms with Gasteiger partial charge in [0, 0.05) is 5.69 Å². The first-order valence-electron chi connectivity index (χ1n) is 8.17. The smallest absolute Gasteiger partial charge is 0.191 e. The van der Waals surface area contributed by atoms with Gasteiger partial charge >= 0.3 is 0 Å². The zero-order valence-corrected chi connectivity index (χ0v) is 15.7. The van der Waals surface area contributed by atoms with Crippen molar-refractivity contribution in [2.45, 2.75) is 20.8 Å². The summed E-state index contributed by atoms with van der Waals surface area (Å²) in [4.78, 5) is 3.95. The maximum atomic E-state index is 5.32. The minimum atomic E-state index is 0.454. The Kier molecular flexibility index (Phi) is 5.38. The molecule has 0 aliphatic carbocycles. The van der Waals surface area contributed by atoms with Gasteiger partial charge < -0.3 is 5.32 Å². The summed E-state index contributed by atoms with van der Waals surface area (Å²) >= 11 is 5.32. The Morgan fingerprint density at radius 2 is 1.88 bits per heavy atom. The van der Waals surface area contributed by atoms with Crippen molar-refractivity contribution in [3.05, 3.63) is 71.8 Å². The van der Waals surface area contributed by atoms with Crippen LogP contribution in [-0.4, -0.2) is 25.6 Å². The number of nitrogens with zero attached hydrogens (tertiary/aromatic N) is 4.